The van der Waals surface area contributed by atoms with Gasteiger partial charge in [0, 0.05) is 43.3 Å². The largest absolute Gasteiger partial charge is 0.339 e. The molecule has 0 aliphatic carbocycles. The minimum atomic E-state index is 0.196. The average molecular weight is 294 g/mol. The first-order valence-corrected chi connectivity index (χ1v) is 8.58. The lowest BCUT2D eigenvalue weighted by Crippen LogP contribution is -2.39. The number of carbonyl (C=O) groups is 1. The second-order valence-corrected chi connectivity index (χ2v) is 6.70. The Hall–Kier alpha value is -1.01. The molecule has 0 spiro atoms. The number of aromatic nitrogens is 2. The Balaban J connectivity index is 1.57. The molecular weight excluding hydrogens is 272 g/mol. The van der Waals surface area contributed by atoms with E-state index in [9.17, 15) is 4.79 Å². The molecule has 6 heteroatoms. The van der Waals surface area contributed by atoms with Crippen molar-refractivity contribution in [3.05, 3.63) is 18.0 Å². The number of hydrogen-bond acceptors (Lipinski definition) is 4. The molecule has 3 heterocycles. The first-order chi connectivity index (χ1) is 9.83. The topological polar surface area (TPSA) is 50.2 Å². The highest BCUT2D eigenvalue weighted by molar-refractivity contribution is 7.99. The molecule has 5 nitrogen and oxygen atoms in total. The van der Waals surface area contributed by atoms with Gasteiger partial charge in [-0.05, 0) is 25.5 Å². The number of nitrogens with one attached hydrogen (secondary N) is 1. The molecule has 1 aromatic heterocycles. The first-order valence-electron chi connectivity index (χ1n) is 7.42. The Kier molecular flexibility index (Phi) is 4.62. The summed E-state index contributed by atoms with van der Waals surface area (Å²) in [4.78, 5) is 14.2. The quantitative estimate of drug-likeness (QED) is 0.901. The lowest BCUT2D eigenvalue weighted by atomic mass is 9.97. The van der Waals surface area contributed by atoms with Crippen molar-refractivity contribution in [1.82, 2.24) is 20.0 Å². The summed E-state index contributed by atoms with van der Waals surface area (Å²) in [6.07, 6.45) is 4.35. The van der Waals surface area contributed by atoms with Crippen LogP contribution in [-0.2, 0) is 11.3 Å². The van der Waals surface area contributed by atoms with Gasteiger partial charge in [-0.25, -0.2) is 0 Å². The normalized spacial score (nSPS) is 23.8. The predicted molar refractivity (Wildman–Crippen MR) is 81.0 cm³/mol. The standard InChI is InChI=1S/C14H22N4OS/c19-14(17-6-8-20-9-7-17)11-18-5-3-13(16-18)12-2-1-4-15-10-12/h3,5,12,15H,1-2,4,6-11H2/t12-/m1/s1. The lowest BCUT2D eigenvalue weighted by molar-refractivity contribution is -0.131. The maximum absolute atomic E-state index is 12.2. The van der Waals surface area contributed by atoms with Gasteiger partial charge < -0.3 is 10.2 Å². The Morgan fingerprint density at radius 3 is 3.05 bits per heavy atom. The van der Waals surface area contributed by atoms with Crippen LogP contribution in [0.5, 0.6) is 0 Å². The monoisotopic (exact) mass is 294 g/mol. The summed E-state index contributed by atoms with van der Waals surface area (Å²) in [5.74, 6) is 2.82. The van der Waals surface area contributed by atoms with Crippen LogP contribution in [0.15, 0.2) is 12.3 Å². The van der Waals surface area contributed by atoms with Crippen molar-refractivity contribution >= 4 is 17.7 Å². The third kappa shape index (κ3) is 3.35. The summed E-state index contributed by atoms with van der Waals surface area (Å²) in [6.45, 7) is 4.26. The Labute approximate surface area is 124 Å². The van der Waals surface area contributed by atoms with E-state index in [1.165, 1.54) is 12.8 Å². The van der Waals surface area contributed by atoms with Crippen LogP contribution in [0.1, 0.15) is 24.5 Å². The van der Waals surface area contributed by atoms with E-state index in [2.05, 4.69) is 16.5 Å². The summed E-state index contributed by atoms with van der Waals surface area (Å²) in [5.41, 5.74) is 1.12. The average Bonchev–Trinajstić information content (AvgIpc) is 2.97. The molecule has 1 atom stereocenters. The molecule has 2 fully saturated rings. The number of thioether (sulfide) groups is 1. The zero-order valence-corrected chi connectivity index (χ0v) is 12.6. The van der Waals surface area contributed by atoms with Crippen LogP contribution in [0.4, 0.5) is 0 Å². The van der Waals surface area contributed by atoms with Crippen molar-refractivity contribution < 1.29 is 4.79 Å². The molecular formula is C14H22N4OS. The summed E-state index contributed by atoms with van der Waals surface area (Å²) in [5, 5.41) is 8.00. The highest BCUT2D eigenvalue weighted by atomic mass is 32.2. The number of amides is 1. The third-order valence-electron chi connectivity index (χ3n) is 4.04. The van der Waals surface area contributed by atoms with Crippen LogP contribution in [0.25, 0.3) is 0 Å². The van der Waals surface area contributed by atoms with Crippen molar-refractivity contribution in [2.75, 3.05) is 37.7 Å². The van der Waals surface area contributed by atoms with Crippen molar-refractivity contribution in [2.45, 2.75) is 25.3 Å². The highest BCUT2D eigenvalue weighted by Crippen LogP contribution is 2.21. The minimum Gasteiger partial charge on any atom is -0.339 e. The van der Waals surface area contributed by atoms with E-state index >= 15 is 0 Å². The van der Waals surface area contributed by atoms with Crippen molar-refractivity contribution in [3.63, 3.8) is 0 Å². The maximum atomic E-state index is 12.2. The van der Waals surface area contributed by atoms with Gasteiger partial charge in [-0.1, -0.05) is 0 Å². The number of rotatable bonds is 3. The molecule has 1 amide bonds. The molecule has 0 bridgehead atoms. The molecule has 0 unspecified atom stereocenters. The van der Waals surface area contributed by atoms with E-state index in [1.807, 2.05) is 22.9 Å². The number of piperidine rings is 1. The van der Waals surface area contributed by atoms with Crippen LogP contribution in [0.3, 0.4) is 0 Å². The van der Waals surface area contributed by atoms with Gasteiger partial charge in [0.05, 0.1) is 5.69 Å². The summed E-state index contributed by atoms with van der Waals surface area (Å²) in [6, 6.07) is 2.07. The van der Waals surface area contributed by atoms with E-state index in [4.69, 9.17) is 0 Å². The molecule has 2 aliphatic heterocycles. The maximum Gasteiger partial charge on any atom is 0.244 e. The number of hydrogen-bond donors (Lipinski definition) is 1. The molecule has 2 saturated heterocycles. The zero-order valence-electron chi connectivity index (χ0n) is 11.8. The second-order valence-electron chi connectivity index (χ2n) is 5.47. The third-order valence-corrected chi connectivity index (χ3v) is 4.98. The molecule has 0 aromatic carbocycles. The Bertz CT molecular complexity index is 450. The highest BCUT2D eigenvalue weighted by Gasteiger charge is 2.20. The number of nitrogens with zero attached hydrogens (tertiary/aromatic N) is 3. The number of carbonyl (C=O) groups excluding carboxylic acids is 1. The molecule has 0 radical (unpaired) electrons. The van der Waals surface area contributed by atoms with E-state index in [-0.39, 0.29) is 5.91 Å². The lowest BCUT2D eigenvalue weighted by Gasteiger charge is -2.26. The Morgan fingerprint density at radius 1 is 1.45 bits per heavy atom. The van der Waals surface area contributed by atoms with Gasteiger partial charge in [0.15, 0.2) is 0 Å². The van der Waals surface area contributed by atoms with Crippen molar-refractivity contribution in [2.24, 2.45) is 0 Å². The fourth-order valence-corrected chi connectivity index (χ4v) is 3.74. The van der Waals surface area contributed by atoms with E-state index in [1.54, 1.807) is 4.68 Å². The fraction of sp³-hybridized carbons (Fsp3) is 0.714. The van der Waals surface area contributed by atoms with Gasteiger partial charge in [-0.15, -0.1) is 0 Å². The second kappa shape index (κ2) is 6.63. The van der Waals surface area contributed by atoms with E-state index < -0.39 is 0 Å². The van der Waals surface area contributed by atoms with Crippen LogP contribution in [0, 0.1) is 0 Å². The molecule has 0 saturated carbocycles. The zero-order chi connectivity index (χ0) is 13.8. The molecule has 1 N–H and O–H groups in total. The van der Waals surface area contributed by atoms with E-state index in [0.717, 1.165) is 43.4 Å². The molecule has 1 aromatic rings. The molecule has 3 rings (SSSR count). The fourth-order valence-electron chi connectivity index (χ4n) is 2.84. The summed E-state index contributed by atoms with van der Waals surface area (Å²) < 4.78 is 1.80. The molecule has 2 aliphatic rings. The van der Waals surface area contributed by atoms with Crippen LogP contribution >= 0.6 is 11.8 Å². The molecule has 20 heavy (non-hydrogen) atoms. The van der Waals surface area contributed by atoms with Gasteiger partial charge in [0.25, 0.3) is 0 Å². The SMILES string of the molecule is O=C(Cn1ccc([C@@H]2CCCNC2)n1)N1CCSCC1. The minimum absolute atomic E-state index is 0.196. The summed E-state index contributed by atoms with van der Waals surface area (Å²) >= 11 is 1.92. The van der Waals surface area contributed by atoms with Crippen molar-refractivity contribution in [3.8, 4) is 0 Å². The van der Waals surface area contributed by atoms with Crippen molar-refractivity contribution in [1.29, 1.82) is 0 Å². The molecule has 110 valence electrons. The summed E-state index contributed by atoms with van der Waals surface area (Å²) in [7, 11) is 0. The Morgan fingerprint density at radius 2 is 2.30 bits per heavy atom. The van der Waals surface area contributed by atoms with Gasteiger partial charge in [0.2, 0.25) is 5.91 Å². The van der Waals surface area contributed by atoms with Crippen LogP contribution < -0.4 is 5.32 Å². The predicted octanol–water partition coefficient (Wildman–Crippen LogP) is 0.926. The smallest absolute Gasteiger partial charge is 0.244 e. The van der Waals surface area contributed by atoms with Crippen LogP contribution in [0.2, 0.25) is 0 Å². The van der Waals surface area contributed by atoms with Gasteiger partial charge in [-0.3, -0.25) is 9.48 Å². The van der Waals surface area contributed by atoms with Gasteiger partial charge >= 0.3 is 0 Å². The van der Waals surface area contributed by atoms with E-state index in [0.29, 0.717) is 12.5 Å². The van der Waals surface area contributed by atoms with Gasteiger partial charge in [0.1, 0.15) is 6.54 Å². The van der Waals surface area contributed by atoms with Gasteiger partial charge in [-0.2, -0.15) is 16.9 Å². The van der Waals surface area contributed by atoms with Crippen LogP contribution in [-0.4, -0.2) is 58.3 Å². The first kappa shape index (κ1) is 13.9.